The first-order valence-electron chi connectivity index (χ1n) is 7.30. The molecule has 0 unspecified atom stereocenters. The Bertz CT molecular complexity index is 499. The lowest BCUT2D eigenvalue weighted by Gasteiger charge is -2.49. The maximum absolute atomic E-state index is 11.5. The van der Waals surface area contributed by atoms with Gasteiger partial charge in [-0.2, -0.15) is 0 Å². The van der Waals surface area contributed by atoms with Crippen LogP contribution in [0.3, 0.4) is 0 Å². The topological polar surface area (TPSA) is 74.5 Å². The van der Waals surface area contributed by atoms with Gasteiger partial charge in [-0.25, -0.2) is 10.8 Å². The van der Waals surface area contributed by atoms with Crippen molar-refractivity contribution in [1.29, 1.82) is 0 Å². The summed E-state index contributed by atoms with van der Waals surface area (Å²) < 4.78 is 0. The van der Waals surface area contributed by atoms with Crippen LogP contribution in [-0.2, 0) is 6.54 Å². The summed E-state index contributed by atoms with van der Waals surface area (Å²) in [4.78, 5) is 20.5. The zero-order valence-corrected chi connectivity index (χ0v) is 13.1. The largest absolute Gasteiger partial charge is 0.302 e. The number of hydrogen-bond donors (Lipinski definition) is 2. The second kappa shape index (κ2) is 6.51. The third-order valence-electron chi connectivity index (χ3n) is 4.40. The maximum atomic E-state index is 11.5. The molecular weight excluding hydrogens is 266 g/mol. The molecule has 1 amide bonds. The van der Waals surface area contributed by atoms with Crippen molar-refractivity contribution in [3.63, 3.8) is 0 Å². The summed E-state index contributed by atoms with van der Waals surface area (Å²) in [7, 11) is 6.40. The van der Waals surface area contributed by atoms with E-state index in [2.05, 4.69) is 41.4 Å². The SMILES string of the molecule is CN(Cc1cccc(C(=O)NN)n1)CC1(N(C)C)CCC1. The molecule has 1 heterocycles. The number of nitrogens with one attached hydrogen (secondary N) is 1. The van der Waals surface area contributed by atoms with Gasteiger partial charge in [0.2, 0.25) is 0 Å². The van der Waals surface area contributed by atoms with E-state index in [9.17, 15) is 4.79 Å². The Morgan fingerprint density at radius 1 is 1.38 bits per heavy atom. The lowest BCUT2D eigenvalue weighted by Crippen LogP contribution is -2.56. The molecule has 1 fully saturated rings. The number of nitrogen functional groups attached to an aromatic ring is 1. The Labute approximate surface area is 126 Å². The predicted octanol–water partition coefficient (Wildman–Crippen LogP) is 0.601. The highest BCUT2D eigenvalue weighted by Gasteiger charge is 2.39. The van der Waals surface area contributed by atoms with Gasteiger partial charge in [-0.3, -0.25) is 15.1 Å². The zero-order chi connectivity index (χ0) is 15.5. The van der Waals surface area contributed by atoms with E-state index in [1.165, 1.54) is 19.3 Å². The first-order valence-corrected chi connectivity index (χ1v) is 7.30. The third-order valence-corrected chi connectivity index (χ3v) is 4.40. The Morgan fingerprint density at radius 3 is 2.62 bits per heavy atom. The molecule has 0 aromatic carbocycles. The normalized spacial score (nSPS) is 16.9. The van der Waals surface area contributed by atoms with Gasteiger partial charge in [0.25, 0.3) is 5.91 Å². The summed E-state index contributed by atoms with van der Waals surface area (Å²) in [6.45, 7) is 1.73. The minimum Gasteiger partial charge on any atom is -0.302 e. The van der Waals surface area contributed by atoms with Gasteiger partial charge in [0, 0.05) is 18.6 Å². The molecule has 1 aliphatic rings. The number of hydrogen-bond acceptors (Lipinski definition) is 5. The Morgan fingerprint density at radius 2 is 2.10 bits per heavy atom. The first kappa shape index (κ1) is 15.9. The molecule has 1 aromatic heterocycles. The van der Waals surface area contributed by atoms with Gasteiger partial charge < -0.3 is 4.90 Å². The van der Waals surface area contributed by atoms with E-state index >= 15 is 0 Å². The second-order valence-corrected chi connectivity index (χ2v) is 6.13. The fourth-order valence-corrected chi connectivity index (χ4v) is 2.93. The Kier molecular flexibility index (Phi) is 4.92. The number of hydrazine groups is 1. The van der Waals surface area contributed by atoms with E-state index in [0.717, 1.165) is 18.8 Å². The van der Waals surface area contributed by atoms with Crippen LogP contribution < -0.4 is 11.3 Å². The lowest BCUT2D eigenvalue weighted by molar-refractivity contribution is 0.0256. The Balaban J connectivity index is 1.99. The molecule has 6 nitrogen and oxygen atoms in total. The smallest absolute Gasteiger partial charge is 0.283 e. The quantitative estimate of drug-likeness (QED) is 0.456. The molecule has 0 radical (unpaired) electrons. The molecule has 1 saturated carbocycles. The van der Waals surface area contributed by atoms with Crippen molar-refractivity contribution in [3.05, 3.63) is 29.6 Å². The average molecular weight is 291 g/mol. The molecule has 21 heavy (non-hydrogen) atoms. The zero-order valence-electron chi connectivity index (χ0n) is 13.1. The monoisotopic (exact) mass is 291 g/mol. The van der Waals surface area contributed by atoms with Crippen molar-refractivity contribution in [2.75, 3.05) is 27.7 Å². The van der Waals surface area contributed by atoms with Crippen molar-refractivity contribution in [2.45, 2.75) is 31.3 Å². The van der Waals surface area contributed by atoms with Gasteiger partial charge in [0.15, 0.2) is 0 Å². The van der Waals surface area contributed by atoms with E-state index in [1.807, 2.05) is 12.1 Å². The van der Waals surface area contributed by atoms with E-state index in [4.69, 9.17) is 5.84 Å². The van der Waals surface area contributed by atoms with Gasteiger partial charge in [-0.1, -0.05) is 6.07 Å². The second-order valence-electron chi connectivity index (χ2n) is 6.13. The van der Waals surface area contributed by atoms with Crippen LogP contribution in [-0.4, -0.2) is 53.9 Å². The highest BCUT2D eigenvalue weighted by molar-refractivity contribution is 5.91. The van der Waals surface area contributed by atoms with Crippen LogP contribution >= 0.6 is 0 Å². The minimum atomic E-state index is -0.358. The molecule has 116 valence electrons. The van der Waals surface area contributed by atoms with E-state index in [-0.39, 0.29) is 5.91 Å². The predicted molar refractivity (Wildman–Crippen MR) is 82.5 cm³/mol. The van der Waals surface area contributed by atoms with Crippen molar-refractivity contribution >= 4 is 5.91 Å². The molecule has 2 rings (SSSR count). The standard InChI is InChI=1S/C15H25N5O/c1-19(2)15(8-5-9-15)11-20(3)10-12-6-4-7-13(17-12)14(21)18-16/h4,6-7H,5,8-11,16H2,1-3H3,(H,18,21). The molecule has 1 aliphatic carbocycles. The Hall–Kier alpha value is -1.50. The number of nitrogens with two attached hydrogens (primary N) is 1. The molecule has 0 atom stereocenters. The number of pyridine rings is 1. The highest BCUT2D eigenvalue weighted by atomic mass is 16.2. The van der Waals surface area contributed by atoms with Crippen LogP contribution in [0, 0.1) is 0 Å². The molecule has 0 aliphatic heterocycles. The summed E-state index contributed by atoms with van der Waals surface area (Å²) in [5, 5.41) is 0. The summed E-state index contributed by atoms with van der Waals surface area (Å²) in [5.74, 6) is 4.78. The molecule has 0 saturated heterocycles. The number of carbonyl (C=O) groups is 1. The number of carbonyl (C=O) groups excluding carboxylic acids is 1. The lowest BCUT2D eigenvalue weighted by atomic mass is 9.75. The van der Waals surface area contributed by atoms with Crippen LogP contribution in [0.4, 0.5) is 0 Å². The van der Waals surface area contributed by atoms with Crippen molar-refractivity contribution in [3.8, 4) is 0 Å². The van der Waals surface area contributed by atoms with Crippen LogP contribution in [0.25, 0.3) is 0 Å². The van der Waals surface area contributed by atoms with Crippen LogP contribution in [0.15, 0.2) is 18.2 Å². The maximum Gasteiger partial charge on any atom is 0.283 e. The van der Waals surface area contributed by atoms with Crippen LogP contribution in [0.2, 0.25) is 0 Å². The number of aromatic nitrogens is 1. The average Bonchev–Trinajstić information content (AvgIpc) is 2.41. The molecule has 0 spiro atoms. The molecule has 3 N–H and O–H groups in total. The summed E-state index contributed by atoms with van der Waals surface area (Å²) in [5.41, 5.74) is 3.64. The van der Waals surface area contributed by atoms with Crippen molar-refractivity contribution in [2.24, 2.45) is 5.84 Å². The van der Waals surface area contributed by atoms with Gasteiger partial charge in [-0.15, -0.1) is 0 Å². The minimum absolute atomic E-state index is 0.293. The van der Waals surface area contributed by atoms with E-state index < -0.39 is 0 Å². The molecular formula is C15H25N5O. The molecule has 1 aromatic rings. The molecule has 6 heteroatoms. The summed E-state index contributed by atoms with van der Waals surface area (Å²) in [6, 6.07) is 5.44. The fraction of sp³-hybridized carbons (Fsp3) is 0.600. The number of nitrogens with zero attached hydrogens (tertiary/aromatic N) is 3. The highest BCUT2D eigenvalue weighted by Crippen LogP contribution is 2.36. The van der Waals surface area contributed by atoms with Crippen molar-refractivity contribution < 1.29 is 4.79 Å². The van der Waals surface area contributed by atoms with E-state index in [0.29, 0.717) is 11.2 Å². The van der Waals surface area contributed by atoms with Crippen molar-refractivity contribution in [1.82, 2.24) is 20.2 Å². The van der Waals surface area contributed by atoms with E-state index in [1.54, 1.807) is 6.07 Å². The number of amides is 1. The summed E-state index contributed by atoms with van der Waals surface area (Å²) in [6.07, 6.45) is 3.79. The molecule has 0 bridgehead atoms. The first-order chi connectivity index (χ1) is 9.97. The van der Waals surface area contributed by atoms with Gasteiger partial charge in [0.05, 0.1) is 5.69 Å². The van der Waals surface area contributed by atoms with Crippen LogP contribution in [0.5, 0.6) is 0 Å². The number of rotatable bonds is 6. The van der Waals surface area contributed by atoms with Gasteiger partial charge >= 0.3 is 0 Å². The van der Waals surface area contributed by atoms with Crippen LogP contribution in [0.1, 0.15) is 35.4 Å². The number of likely N-dealkylation sites (N-methyl/N-ethyl adjacent to an activating group) is 2. The third kappa shape index (κ3) is 3.58. The van der Waals surface area contributed by atoms with Gasteiger partial charge in [0.1, 0.15) is 5.69 Å². The fourth-order valence-electron chi connectivity index (χ4n) is 2.93. The van der Waals surface area contributed by atoms with Gasteiger partial charge in [-0.05, 0) is 52.5 Å². The summed E-state index contributed by atoms with van der Waals surface area (Å²) >= 11 is 0.